The molecule has 3 rings (SSSR count). The minimum Gasteiger partial charge on any atom is -0.271 e. The second kappa shape index (κ2) is 8.50. The minimum atomic E-state index is -0.393. The second-order valence-corrected chi connectivity index (χ2v) is 7.71. The fourth-order valence-corrected chi connectivity index (χ4v) is 3.22. The van der Waals surface area contributed by atoms with E-state index < -0.39 is 6.04 Å². The van der Waals surface area contributed by atoms with Gasteiger partial charge in [-0.05, 0) is 48.7 Å². The standard InChI is InChI=1S/C18H17BrCl2N4O/c1-10(11-2-5-13(19)6-3-11)22-25-18(26)17-9-16(23-24-17)12-4-7-14(20)15(21)8-12/h2-8,16-17,23-24H,9H2,1H3,(H,25,26)/b22-10-. The molecule has 26 heavy (non-hydrogen) atoms. The van der Waals surface area contributed by atoms with Crippen LogP contribution in [0.4, 0.5) is 0 Å². The normalized spacial score (nSPS) is 20.2. The number of amides is 1. The van der Waals surface area contributed by atoms with Gasteiger partial charge in [0.1, 0.15) is 6.04 Å². The van der Waals surface area contributed by atoms with Crippen LogP contribution in [0.15, 0.2) is 52.0 Å². The van der Waals surface area contributed by atoms with E-state index in [-0.39, 0.29) is 11.9 Å². The second-order valence-electron chi connectivity index (χ2n) is 5.98. The van der Waals surface area contributed by atoms with E-state index in [9.17, 15) is 4.79 Å². The van der Waals surface area contributed by atoms with Crippen molar-refractivity contribution in [1.29, 1.82) is 0 Å². The molecule has 0 spiro atoms. The average Bonchev–Trinajstić information content (AvgIpc) is 3.12. The lowest BCUT2D eigenvalue weighted by molar-refractivity contribution is -0.122. The first-order valence-electron chi connectivity index (χ1n) is 8.00. The van der Waals surface area contributed by atoms with E-state index in [2.05, 4.69) is 37.3 Å². The zero-order valence-electron chi connectivity index (χ0n) is 13.9. The summed E-state index contributed by atoms with van der Waals surface area (Å²) >= 11 is 15.4. The molecule has 1 aliphatic rings. The highest BCUT2D eigenvalue weighted by Crippen LogP contribution is 2.29. The Labute approximate surface area is 170 Å². The number of benzene rings is 2. The van der Waals surface area contributed by atoms with Crippen molar-refractivity contribution >= 4 is 50.8 Å². The lowest BCUT2D eigenvalue weighted by atomic mass is 10.0. The Bertz CT molecular complexity index is 842. The Balaban J connectivity index is 1.59. The summed E-state index contributed by atoms with van der Waals surface area (Å²) in [5.41, 5.74) is 11.4. The molecular weight excluding hydrogens is 439 g/mol. The molecule has 1 fully saturated rings. The number of halogens is 3. The predicted molar refractivity (Wildman–Crippen MR) is 108 cm³/mol. The van der Waals surface area contributed by atoms with Crippen molar-refractivity contribution in [2.24, 2.45) is 5.10 Å². The van der Waals surface area contributed by atoms with Crippen molar-refractivity contribution in [3.05, 3.63) is 68.1 Å². The van der Waals surface area contributed by atoms with E-state index in [1.165, 1.54) is 0 Å². The summed E-state index contributed by atoms with van der Waals surface area (Å²) in [6, 6.07) is 12.8. The van der Waals surface area contributed by atoms with Crippen molar-refractivity contribution < 1.29 is 4.79 Å². The summed E-state index contributed by atoms with van der Waals surface area (Å²) < 4.78 is 0.993. The summed E-state index contributed by atoms with van der Waals surface area (Å²) in [5.74, 6) is -0.198. The van der Waals surface area contributed by atoms with Gasteiger partial charge in [-0.1, -0.05) is 57.3 Å². The van der Waals surface area contributed by atoms with Gasteiger partial charge >= 0.3 is 0 Å². The van der Waals surface area contributed by atoms with Gasteiger partial charge in [-0.15, -0.1) is 0 Å². The molecule has 3 N–H and O–H groups in total. The van der Waals surface area contributed by atoms with Crippen LogP contribution in [0, 0.1) is 0 Å². The molecule has 0 radical (unpaired) electrons. The third kappa shape index (κ3) is 4.64. The lowest BCUT2D eigenvalue weighted by Crippen LogP contribution is -2.41. The molecule has 2 aromatic carbocycles. The van der Waals surface area contributed by atoms with Gasteiger partial charge in [0.25, 0.3) is 5.91 Å². The zero-order chi connectivity index (χ0) is 18.7. The Kier molecular flexibility index (Phi) is 6.32. The molecular formula is C18H17BrCl2N4O. The van der Waals surface area contributed by atoms with Crippen LogP contribution in [0.3, 0.4) is 0 Å². The Morgan fingerprint density at radius 2 is 1.88 bits per heavy atom. The first kappa shape index (κ1) is 19.3. The largest absolute Gasteiger partial charge is 0.271 e. The summed E-state index contributed by atoms with van der Waals surface area (Å²) in [4.78, 5) is 12.4. The van der Waals surface area contributed by atoms with E-state index in [1.807, 2.05) is 37.3 Å². The molecule has 1 aliphatic heterocycles. The van der Waals surface area contributed by atoms with E-state index in [0.717, 1.165) is 21.3 Å². The van der Waals surface area contributed by atoms with Crippen molar-refractivity contribution in [3.63, 3.8) is 0 Å². The zero-order valence-corrected chi connectivity index (χ0v) is 17.0. The van der Waals surface area contributed by atoms with Crippen LogP contribution in [-0.4, -0.2) is 17.7 Å². The number of hydrazine groups is 1. The van der Waals surface area contributed by atoms with Crippen LogP contribution in [-0.2, 0) is 4.79 Å². The number of nitrogens with zero attached hydrogens (tertiary/aromatic N) is 1. The Morgan fingerprint density at radius 1 is 1.15 bits per heavy atom. The third-order valence-corrected chi connectivity index (χ3v) is 5.43. The molecule has 1 amide bonds. The molecule has 0 saturated carbocycles. The van der Waals surface area contributed by atoms with Gasteiger partial charge in [0.2, 0.25) is 0 Å². The number of rotatable bonds is 4. The molecule has 0 aromatic heterocycles. The van der Waals surface area contributed by atoms with Gasteiger partial charge < -0.3 is 0 Å². The quantitative estimate of drug-likeness (QED) is 0.478. The molecule has 1 heterocycles. The van der Waals surface area contributed by atoms with Crippen LogP contribution < -0.4 is 16.3 Å². The van der Waals surface area contributed by atoms with Crippen molar-refractivity contribution in [1.82, 2.24) is 16.3 Å². The summed E-state index contributed by atoms with van der Waals surface area (Å²) in [6.07, 6.45) is 0.580. The average molecular weight is 456 g/mol. The maximum Gasteiger partial charge on any atom is 0.258 e. The number of nitrogens with one attached hydrogen (secondary N) is 3. The van der Waals surface area contributed by atoms with Crippen molar-refractivity contribution in [2.45, 2.75) is 25.4 Å². The monoisotopic (exact) mass is 454 g/mol. The van der Waals surface area contributed by atoms with Crippen LogP contribution in [0.25, 0.3) is 0 Å². The molecule has 136 valence electrons. The van der Waals surface area contributed by atoms with E-state index >= 15 is 0 Å². The number of hydrogen-bond donors (Lipinski definition) is 3. The van der Waals surface area contributed by atoms with Crippen LogP contribution in [0.2, 0.25) is 10.0 Å². The van der Waals surface area contributed by atoms with E-state index in [4.69, 9.17) is 23.2 Å². The molecule has 2 unspecified atom stereocenters. The highest BCUT2D eigenvalue weighted by atomic mass is 79.9. The highest BCUT2D eigenvalue weighted by molar-refractivity contribution is 9.10. The molecule has 2 atom stereocenters. The molecule has 5 nitrogen and oxygen atoms in total. The number of hydrogen-bond acceptors (Lipinski definition) is 4. The Hall–Kier alpha value is -1.44. The van der Waals surface area contributed by atoms with Gasteiger partial charge in [0.15, 0.2) is 0 Å². The maximum absolute atomic E-state index is 12.4. The predicted octanol–water partition coefficient (Wildman–Crippen LogP) is 4.20. The van der Waals surface area contributed by atoms with Crippen LogP contribution in [0.5, 0.6) is 0 Å². The van der Waals surface area contributed by atoms with Crippen LogP contribution >= 0.6 is 39.1 Å². The van der Waals surface area contributed by atoms with Gasteiger partial charge in [-0.3, -0.25) is 4.79 Å². The fourth-order valence-electron chi connectivity index (χ4n) is 2.65. The topological polar surface area (TPSA) is 65.5 Å². The molecule has 2 aromatic rings. The van der Waals surface area contributed by atoms with Gasteiger partial charge in [-0.25, -0.2) is 16.3 Å². The highest BCUT2D eigenvalue weighted by Gasteiger charge is 2.30. The maximum atomic E-state index is 12.4. The van der Waals surface area contributed by atoms with E-state index in [0.29, 0.717) is 16.5 Å². The van der Waals surface area contributed by atoms with Crippen LogP contribution in [0.1, 0.15) is 30.5 Å². The first-order chi connectivity index (χ1) is 12.4. The fraction of sp³-hybridized carbons (Fsp3) is 0.222. The molecule has 8 heteroatoms. The summed E-state index contributed by atoms with van der Waals surface area (Å²) in [7, 11) is 0. The molecule has 1 saturated heterocycles. The number of hydrazone groups is 1. The molecule has 0 bridgehead atoms. The molecule has 0 aliphatic carbocycles. The third-order valence-electron chi connectivity index (χ3n) is 4.16. The minimum absolute atomic E-state index is 0.0305. The first-order valence-corrected chi connectivity index (χ1v) is 9.55. The summed E-state index contributed by atoms with van der Waals surface area (Å²) in [6.45, 7) is 1.85. The SMILES string of the molecule is C/C(=N/NC(=O)C1CC(c2ccc(Cl)c(Cl)c2)NN1)c1ccc(Br)cc1. The van der Waals surface area contributed by atoms with E-state index in [1.54, 1.807) is 12.1 Å². The van der Waals surface area contributed by atoms with Crippen molar-refractivity contribution in [3.8, 4) is 0 Å². The summed E-state index contributed by atoms with van der Waals surface area (Å²) in [5, 5.41) is 5.19. The van der Waals surface area contributed by atoms with Crippen molar-refractivity contribution in [2.75, 3.05) is 0 Å². The van der Waals surface area contributed by atoms with Gasteiger partial charge in [0, 0.05) is 10.5 Å². The lowest BCUT2D eigenvalue weighted by Gasteiger charge is -2.10. The smallest absolute Gasteiger partial charge is 0.258 e. The number of carbonyl (C=O) groups is 1. The Morgan fingerprint density at radius 3 is 2.58 bits per heavy atom. The van der Waals surface area contributed by atoms with Gasteiger partial charge in [-0.2, -0.15) is 5.10 Å². The van der Waals surface area contributed by atoms with Gasteiger partial charge in [0.05, 0.1) is 15.8 Å². The number of carbonyl (C=O) groups excluding carboxylic acids is 1.